The van der Waals surface area contributed by atoms with E-state index < -0.39 is 0 Å². The third-order valence-electron chi connectivity index (χ3n) is 9.90. The molecule has 0 radical (unpaired) electrons. The summed E-state index contributed by atoms with van der Waals surface area (Å²) in [4.78, 5) is 25.2. The van der Waals surface area contributed by atoms with Gasteiger partial charge in [0, 0.05) is 42.7 Å². The minimum absolute atomic E-state index is 0.182. The molecule has 1 aliphatic carbocycles. The number of aliphatic hydroxyl groups excluding tert-OH is 1. The number of thioether (sulfide) groups is 1. The first-order valence-electron chi connectivity index (χ1n) is 14.1. The van der Waals surface area contributed by atoms with Gasteiger partial charge in [-0.15, -0.1) is 11.8 Å². The average molecular weight is 535 g/mol. The van der Waals surface area contributed by atoms with Crippen molar-refractivity contribution in [1.29, 1.82) is 0 Å². The average Bonchev–Trinajstić information content (AvgIpc) is 3.66. The fourth-order valence-corrected chi connectivity index (χ4v) is 9.50. The Balaban J connectivity index is 1.12. The third-order valence-corrected chi connectivity index (χ3v) is 11.5. The summed E-state index contributed by atoms with van der Waals surface area (Å²) >= 11 is 2.06. The number of pyridine rings is 1. The van der Waals surface area contributed by atoms with Crippen molar-refractivity contribution >= 4 is 23.3 Å². The Morgan fingerprint density at radius 2 is 2.00 bits per heavy atom. The molecule has 4 aliphatic rings. The quantitative estimate of drug-likeness (QED) is 0.515. The molecule has 1 amide bonds. The van der Waals surface area contributed by atoms with Crippen LogP contribution < -0.4 is 0 Å². The number of aromatic nitrogens is 4. The third kappa shape index (κ3) is 3.61. The summed E-state index contributed by atoms with van der Waals surface area (Å²) in [5, 5.41) is 15.9. The Morgan fingerprint density at radius 1 is 1.21 bits per heavy atom. The molecule has 5 atom stereocenters. The molecule has 2 saturated heterocycles. The topological polar surface area (TPSA) is 89.8 Å². The molecule has 3 fully saturated rings. The predicted molar refractivity (Wildman–Crippen MR) is 149 cm³/mol. The SMILES string of the molecule is Cc1c(-c2[nH]c3c(c2C(C)C)C(C)C([C@@H]2CC4CC2CN4CC(=O)N2CC(O)C2)S3)cn2ncnc2c1C. The highest BCUT2D eigenvalue weighted by Gasteiger charge is 2.52. The molecule has 7 rings (SSSR count). The van der Waals surface area contributed by atoms with Gasteiger partial charge in [0.25, 0.3) is 0 Å². The molecule has 202 valence electrons. The fraction of sp³-hybridized carbons (Fsp3) is 0.621. The summed E-state index contributed by atoms with van der Waals surface area (Å²) in [5.74, 6) is 2.45. The molecule has 2 bridgehead atoms. The van der Waals surface area contributed by atoms with Crippen molar-refractivity contribution in [1.82, 2.24) is 29.4 Å². The number of nitrogens with one attached hydrogen (secondary N) is 1. The summed E-state index contributed by atoms with van der Waals surface area (Å²) in [6.07, 6.45) is 5.85. The van der Waals surface area contributed by atoms with Gasteiger partial charge < -0.3 is 15.0 Å². The molecule has 1 saturated carbocycles. The molecule has 6 heterocycles. The Labute approximate surface area is 228 Å². The highest BCUT2D eigenvalue weighted by atomic mass is 32.2. The Kier molecular flexibility index (Phi) is 5.73. The Morgan fingerprint density at radius 3 is 2.68 bits per heavy atom. The van der Waals surface area contributed by atoms with Crippen LogP contribution in [0.15, 0.2) is 17.6 Å². The van der Waals surface area contributed by atoms with Crippen molar-refractivity contribution in [2.75, 3.05) is 26.2 Å². The van der Waals surface area contributed by atoms with Crippen molar-refractivity contribution < 1.29 is 9.90 Å². The van der Waals surface area contributed by atoms with E-state index in [0.717, 1.165) is 12.2 Å². The number of hydrogen-bond donors (Lipinski definition) is 2. The van der Waals surface area contributed by atoms with Gasteiger partial charge in [0.05, 0.1) is 23.4 Å². The lowest BCUT2D eigenvalue weighted by Crippen LogP contribution is -2.56. The zero-order chi connectivity index (χ0) is 26.5. The minimum Gasteiger partial charge on any atom is -0.389 e. The van der Waals surface area contributed by atoms with Gasteiger partial charge in [-0.3, -0.25) is 9.69 Å². The van der Waals surface area contributed by atoms with Gasteiger partial charge in [-0.1, -0.05) is 20.8 Å². The summed E-state index contributed by atoms with van der Waals surface area (Å²) in [5.41, 5.74) is 8.81. The van der Waals surface area contributed by atoms with E-state index >= 15 is 0 Å². The second-order valence-electron chi connectivity index (χ2n) is 12.4. The standard InChI is InChI=1S/C29H38N6O2S/c1-14(2)24-25-17(5)27(21-7-19-6-18(21)8-33(19)12-23(37)34-9-20(36)10-34)38-29(25)32-26(24)22-11-35-28(30-13-31-35)16(4)15(22)3/h11,13-14,17-21,27,32,36H,6-10,12H2,1-5H3/t17?,18?,19?,21-,27?/m1/s1. The van der Waals surface area contributed by atoms with Crippen LogP contribution in [0.5, 0.6) is 0 Å². The summed E-state index contributed by atoms with van der Waals surface area (Å²) in [7, 11) is 0. The number of aromatic amines is 1. The van der Waals surface area contributed by atoms with Crippen LogP contribution in [0.1, 0.15) is 67.7 Å². The molecule has 2 N–H and O–H groups in total. The molecular weight excluding hydrogens is 496 g/mol. The first-order valence-corrected chi connectivity index (χ1v) is 15.0. The van der Waals surface area contributed by atoms with E-state index in [1.807, 2.05) is 4.52 Å². The summed E-state index contributed by atoms with van der Waals surface area (Å²) in [6, 6.07) is 0.520. The number of carbonyl (C=O) groups excluding carboxylic acids is 1. The van der Waals surface area contributed by atoms with Crippen molar-refractivity contribution in [3.05, 3.63) is 34.8 Å². The normalized spacial score (nSPS) is 29.1. The minimum atomic E-state index is -0.328. The lowest BCUT2D eigenvalue weighted by atomic mass is 9.81. The van der Waals surface area contributed by atoms with E-state index in [2.05, 4.69) is 72.5 Å². The van der Waals surface area contributed by atoms with Gasteiger partial charge in [0.1, 0.15) is 6.33 Å². The van der Waals surface area contributed by atoms with Crippen LogP contribution in [0.3, 0.4) is 0 Å². The van der Waals surface area contributed by atoms with Gasteiger partial charge in [0.2, 0.25) is 5.91 Å². The van der Waals surface area contributed by atoms with Gasteiger partial charge in [-0.25, -0.2) is 9.50 Å². The smallest absolute Gasteiger partial charge is 0.236 e. The van der Waals surface area contributed by atoms with Gasteiger partial charge in [-0.2, -0.15) is 5.10 Å². The van der Waals surface area contributed by atoms with E-state index in [-0.39, 0.29) is 12.0 Å². The Bertz CT molecular complexity index is 1420. The zero-order valence-electron chi connectivity index (χ0n) is 22.9. The lowest BCUT2D eigenvalue weighted by Gasteiger charge is -2.39. The zero-order valence-corrected chi connectivity index (χ0v) is 23.8. The number of piperidine rings is 1. The molecule has 3 aromatic heterocycles. The van der Waals surface area contributed by atoms with Crippen LogP contribution in [0, 0.1) is 25.7 Å². The van der Waals surface area contributed by atoms with Crippen molar-refractivity contribution in [3.63, 3.8) is 0 Å². The van der Waals surface area contributed by atoms with Gasteiger partial charge in [0.15, 0.2) is 5.65 Å². The number of aliphatic hydroxyl groups is 1. The molecule has 0 spiro atoms. The second-order valence-corrected chi connectivity index (χ2v) is 13.6. The highest BCUT2D eigenvalue weighted by Crippen LogP contribution is 2.58. The van der Waals surface area contributed by atoms with E-state index in [1.54, 1.807) is 11.2 Å². The maximum atomic E-state index is 12.6. The summed E-state index contributed by atoms with van der Waals surface area (Å²) < 4.78 is 1.91. The first kappa shape index (κ1) is 24.7. The maximum absolute atomic E-state index is 12.6. The molecule has 38 heavy (non-hydrogen) atoms. The van der Waals surface area contributed by atoms with Gasteiger partial charge in [-0.05, 0) is 72.6 Å². The van der Waals surface area contributed by atoms with Crippen molar-refractivity contribution in [2.45, 2.75) is 81.7 Å². The second kappa shape index (κ2) is 8.83. The van der Waals surface area contributed by atoms with Gasteiger partial charge >= 0.3 is 0 Å². The van der Waals surface area contributed by atoms with E-state index in [4.69, 9.17) is 0 Å². The van der Waals surface area contributed by atoms with Crippen LogP contribution in [0.2, 0.25) is 0 Å². The number of amides is 1. The van der Waals surface area contributed by atoms with Crippen LogP contribution in [0.4, 0.5) is 0 Å². The molecular formula is C29H38N6O2S. The number of carbonyl (C=O) groups is 1. The van der Waals surface area contributed by atoms with Crippen LogP contribution in [0.25, 0.3) is 16.9 Å². The number of nitrogens with zero attached hydrogens (tertiary/aromatic N) is 5. The number of rotatable bonds is 5. The van der Waals surface area contributed by atoms with Crippen LogP contribution >= 0.6 is 11.8 Å². The number of fused-ring (bicyclic) bond motifs is 4. The van der Waals surface area contributed by atoms with E-state index in [1.165, 1.54) is 51.4 Å². The Hall–Kier alpha value is -2.36. The molecule has 4 unspecified atom stereocenters. The lowest BCUT2D eigenvalue weighted by molar-refractivity contribution is -0.143. The van der Waals surface area contributed by atoms with Crippen molar-refractivity contribution in [3.8, 4) is 11.3 Å². The monoisotopic (exact) mass is 534 g/mol. The number of hydrogen-bond acceptors (Lipinski definition) is 6. The van der Waals surface area contributed by atoms with Crippen LogP contribution in [-0.4, -0.2) is 84.0 Å². The molecule has 3 aliphatic heterocycles. The van der Waals surface area contributed by atoms with E-state index in [0.29, 0.717) is 54.6 Å². The maximum Gasteiger partial charge on any atom is 0.236 e. The molecule has 8 nitrogen and oxygen atoms in total. The van der Waals surface area contributed by atoms with E-state index in [9.17, 15) is 9.90 Å². The number of aryl methyl sites for hydroxylation is 1. The number of β-amino-alcohol motifs (C(OH)–C–C–N with tert-alkyl or cyclic N) is 1. The number of likely N-dealkylation sites (tertiary alicyclic amines) is 2. The number of H-pyrrole nitrogens is 1. The molecule has 9 heteroatoms. The fourth-order valence-electron chi connectivity index (χ4n) is 7.79. The molecule has 0 aromatic carbocycles. The predicted octanol–water partition coefficient (Wildman–Crippen LogP) is 3.96. The first-order chi connectivity index (χ1) is 18.2. The van der Waals surface area contributed by atoms with Crippen molar-refractivity contribution in [2.24, 2.45) is 11.8 Å². The summed E-state index contributed by atoms with van der Waals surface area (Å²) in [6.45, 7) is 14.0. The highest BCUT2D eigenvalue weighted by molar-refractivity contribution is 8.00. The molecule has 3 aromatic rings. The largest absolute Gasteiger partial charge is 0.389 e. The van der Waals surface area contributed by atoms with Crippen LogP contribution in [-0.2, 0) is 4.79 Å².